The third-order valence-corrected chi connectivity index (χ3v) is 3.10. The van der Waals surface area contributed by atoms with Gasteiger partial charge in [0, 0.05) is 19.6 Å². The fraction of sp³-hybridized carbons (Fsp3) is 1.00. The van der Waals surface area contributed by atoms with E-state index in [9.17, 15) is 4.48 Å². The van der Waals surface area contributed by atoms with Gasteiger partial charge in [-0.05, 0) is 31.2 Å². The Morgan fingerprint density at radius 2 is 1.91 bits per heavy atom. The van der Waals surface area contributed by atoms with Crippen LogP contribution in [0.3, 0.4) is 0 Å². The molecular formula is C8H15FN2. The van der Waals surface area contributed by atoms with Crippen molar-refractivity contribution in [3.63, 3.8) is 0 Å². The number of nitrogens with zero attached hydrogens (tertiary/aromatic N) is 1. The van der Waals surface area contributed by atoms with Gasteiger partial charge < -0.3 is 5.32 Å². The van der Waals surface area contributed by atoms with E-state index in [0.717, 1.165) is 31.1 Å². The summed E-state index contributed by atoms with van der Waals surface area (Å²) in [5.41, 5.74) is 0.461. The van der Waals surface area contributed by atoms with Gasteiger partial charge in [-0.25, -0.2) is 0 Å². The van der Waals surface area contributed by atoms with Gasteiger partial charge in [-0.2, -0.15) is 0 Å². The molecule has 0 radical (unpaired) electrons. The number of hydrogen-bond donors (Lipinski definition) is 1. The van der Waals surface area contributed by atoms with Gasteiger partial charge in [0.25, 0.3) is 0 Å². The van der Waals surface area contributed by atoms with Crippen LogP contribution in [0, 0.1) is 5.41 Å². The van der Waals surface area contributed by atoms with Crippen molar-refractivity contribution < 1.29 is 4.48 Å². The average Bonchev–Trinajstić information content (AvgIpc) is 2.45. The Hall–Kier alpha value is -0.150. The van der Waals surface area contributed by atoms with E-state index >= 15 is 0 Å². The average molecular weight is 158 g/mol. The van der Waals surface area contributed by atoms with Crippen LogP contribution in [0.25, 0.3) is 0 Å². The highest BCUT2D eigenvalue weighted by Gasteiger charge is 2.36. The summed E-state index contributed by atoms with van der Waals surface area (Å²) in [6.45, 7) is 3.52. The fourth-order valence-electron chi connectivity index (χ4n) is 2.18. The zero-order chi connectivity index (χ0) is 7.73. The molecule has 0 saturated carbocycles. The molecule has 0 bridgehead atoms. The van der Waals surface area contributed by atoms with Crippen LogP contribution >= 0.6 is 0 Å². The third kappa shape index (κ3) is 1.40. The van der Waals surface area contributed by atoms with Crippen LogP contribution in [-0.2, 0) is 0 Å². The second kappa shape index (κ2) is 2.72. The predicted octanol–water partition coefficient (Wildman–Crippen LogP) is 0.946. The van der Waals surface area contributed by atoms with Gasteiger partial charge in [0.1, 0.15) is 0 Å². The minimum absolute atomic E-state index is 0.461. The van der Waals surface area contributed by atoms with Crippen molar-refractivity contribution in [2.75, 3.05) is 26.2 Å². The van der Waals surface area contributed by atoms with Gasteiger partial charge in [-0.3, -0.25) is 0 Å². The Morgan fingerprint density at radius 3 is 2.45 bits per heavy atom. The van der Waals surface area contributed by atoms with E-state index in [4.69, 9.17) is 0 Å². The molecule has 2 heterocycles. The molecule has 2 fully saturated rings. The van der Waals surface area contributed by atoms with Gasteiger partial charge in [-0.1, -0.05) is 0 Å². The molecule has 0 amide bonds. The van der Waals surface area contributed by atoms with Gasteiger partial charge in [0.2, 0.25) is 0 Å². The molecule has 0 atom stereocenters. The van der Waals surface area contributed by atoms with E-state index in [-0.39, 0.29) is 0 Å². The summed E-state index contributed by atoms with van der Waals surface area (Å²) in [6.07, 6.45) is 3.33. The quantitative estimate of drug-likeness (QED) is 0.528. The highest BCUT2D eigenvalue weighted by atomic mass is 19.2. The summed E-state index contributed by atoms with van der Waals surface area (Å²) in [4.78, 5) is 0. The summed E-state index contributed by atoms with van der Waals surface area (Å²) in [6, 6.07) is 0. The first-order valence-electron chi connectivity index (χ1n) is 4.42. The van der Waals surface area contributed by atoms with Gasteiger partial charge in [-0.15, -0.1) is 9.60 Å². The molecule has 2 nitrogen and oxygen atoms in total. The molecule has 0 aromatic heterocycles. The molecule has 0 aromatic rings. The number of piperidine rings is 1. The second-order valence-electron chi connectivity index (χ2n) is 3.84. The summed E-state index contributed by atoms with van der Waals surface area (Å²) in [7, 11) is 0. The van der Waals surface area contributed by atoms with Gasteiger partial charge in [0.05, 0.1) is 0 Å². The molecule has 64 valence electrons. The largest absolute Gasteiger partial charge is 0.316 e. The maximum Gasteiger partial charge on any atom is 0.0296 e. The van der Waals surface area contributed by atoms with Crippen LogP contribution in [0.4, 0.5) is 4.48 Å². The Labute approximate surface area is 66.7 Å². The van der Waals surface area contributed by atoms with Crippen LogP contribution in [0.2, 0.25) is 0 Å². The molecule has 0 aromatic carbocycles. The van der Waals surface area contributed by atoms with E-state index < -0.39 is 0 Å². The summed E-state index contributed by atoms with van der Waals surface area (Å²) in [5, 5.41) is 4.30. The standard InChI is InChI=1S/C8H15FN2/c9-11-5-2-8(3-6-11)1-4-10-7-8/h10H,1-7H2. The molecule has 3 heteroatoms. The Bertz CT molecular complexity index is 133. The summed E-state index contributed by atoms with van der Waals surface area (Å²) >= 11 is 0. The molecule has 11 heavy (non-hydrogen) atoms. The summed E-state index contributed by atoms with van der Waals surface area (Å²) < 4.78 is 12.6. The van der Waals surface area contributed by atoms with Crippen LogP contribution in [0.5, 0.6) is 0 Å². The van der Waals surface area contributed by atoms with Crippen LogP contribution in [-0.4, -0.2) is 31.3 Å². The maximum absolute atomic E-state index is 12.6. The molecule has 2 saturated heterocycles. The van der Waals surface area contributed by atoms with Crippen molar-refractivity contribution in [2.45, 2.75) is 19.3 Å². The van der Waals surface area contributed by atoms with Gasteiger partial charge in [0.15, 0.2) is 0 Å². The highest BCUT2D eigenvalue weighted by molar-refractivity contribution is 4.90. The monoisotopic (exact) mass is 158 g/mol. The van der Waals surface area contributed by atoms with Crippen LogP contribution in [0.1, 0.15) is 19.3 Å². The minimum atomic E-state index is 0.461. The lowest BCUT2D eigenvalue weighted by atomic mass is 9.78. The Kier molecular flexibility index (Phi) is 1.85. The number of rotatable bonds is 0. The minimum Gasteiger partial charge on any atom is -0.316 e. The van der Waals surface area contributed by atoms with Crippen molar-refractivity contribution >= 4 is 0 Å². The highest BCUT2D eigenvalue weighted by Crippen LogP contribution is 2.36. The van der Waals surface area contributed by atoms with E-state index in [1.165, 1.54) is 6.42 Å². The lowest BCUT2D eigenvalue weighted by molar-refractivity contribution is -0.0304. The van der Waals surface area contributed by atoms with Crippen LogP contribution < -0.4 is 5.32 Å². The molecule has 2 aliphatic heterocycles. The zero-order valence-corrected chi connectivity index (χ0v) is 6.77. The van der Waals surface area contributed by atoms with E-state index in [1.807, 2.05) is 0 Å². The number of halogens is 1. The zero-order valence-electron chi connectivity index (χ0n) is 6.77. The summed E-state index contributed by atoms with van der Waals surface area (Å²) in [5.74, 6) is 0. The molecule has 1 N–H and O–H groups in total. The molecular weight excluding hydrogens is 143 g/mol. The van der Waals surface area contributed by atoms with Crippen molar-refractivity contribution in [3.8, 4) is 0 Å². The lowest BCUT2D eigenvalue weighted by Gasteiger charge is -2.34. The number of hydrogen-bond acceptors (Lipinski definition) is 2. The van der Waals surface area contributed by atoms with E-state index in [1.54, 1.807) is 0 Å². The predicted molar refractivity (Wildman–Crippen MR) is 41.8 cm³/mol. The van der Waals surface area contributed by atoms with Crippen LogP contribution in [0.15, 0.2) is 0 Å². The van der Waals surface area contributed by atoms with Crippen molar-refractivity contribution in [2.24, 2.45) is 5.41 Å². The molecule has 0 aliphatic carbocycles. The van der Waals surface area contributed by atoms with Crippen molar-refractivity contribution in [1.82, 2.24) is 10.4 Å². The first-order chi connectivity index (χ1) is 5.31. The van der Waals surface area contributed by atoms with Gasteiger partial charge >= 0.3 is 0 Å². The Balaban J connectivity index is 1.94. The van der Waals surface area contributed by atoms with E-state index in [2.05, 4.69) is 5.32 Å². The maximum atomic E-state index is 12.6. The number of nitrogens with one attached hydrogen (secondary N) is 1. The molecule has 1 spiro atoms. The molecule has 2 rings (SSSR count). The first kappa shape index (κ1) is 7.50. The lowest BCUT2D eigenvalue weighted by Crippen LogP contribution is -2.37. The topological polar surface area (TPSA) is 15.3 Å². The van der Waals surface area contributed by atoms with E-state index in [0.29, 0.717) is 18.5 Å². The fourth-order valence-corrected chi connectivity index (χ4v) is 2.18. The SMILES string of the molecule is FN1CCC2(CCNC2)CC1. The smallest absolute Gasteiger partial charge is 0.0296 e. The second-order valence-corrected chi connectivity index (χ2v) is 3.84. The third-order valence-electron chi connectivity index (χ3n) is 3.10. The first-order valence-corrected chi connectivity index (χ1v) is 4.42. The molecule has 2 aliphatic rings. The molecule has 0 unspecified atom stereocenters. The Morgan fingerprint density at radius 1 is 1.18 bits per heavy atom. The normalized spacial score (nSPS) is 31.4. The van der Waals surface area contributed by atoms with Crippen molar-refractivity contribution in [1.29, 1.82) is 0 Å². The van der Waals surface area contributed by atoms with Crippen molar-refractivity contribution in [3.05, 3.63) is 0 Å².